The minimum atomic E-state index is -0.0625. The van der Waals surface area contributed by atoms with Crippen molar-refractivity contribution in [3.8, 4) is 5.75 Å². The zero-order chi connectivity index (χ0) is 30.2. The average molecular weight is 592 g/mol. The molecule has 0 radical (unpaired) electrons. The molecule has 2 aromatic carbocycles. The summed E-state index contributed by atoms with van der Waals surface area (Å²) in [5.74, 6) is 0.944. The highest BCUT2D eigenvalue weighted by molar-refractivity contribution is 7.07. The summed E-state index contributed by atoms with van der Waals surface area (Å²) >= 11 is 1.71. The fourth-order valence-corrected chi connectivity index (χ4v) is 6.10. The second-order valence-corrected chi connectivity index (χ2v) is 13.6. The highest BCUT2D eigenvalue weighted by atomic mass is 32.1. The highest BCUT2D eigenvalue weighted by Gasteiger charge is 2.20. The van der Waals surface area contributed by atoms with Gasteiger partial charge in [0.05, 0.1) is 18.4 Å². The van der Waals surface area contributed by atoms with Crippen LogP contribution < -0.4 is 14.6 Å². The van der Waals surface area contributed by atoms with Crippen molar-refractivity contribution in [2.45, 2.75) is 130 Å². The fourth-order valence-electron chi connectivity index (χ4n) is 5.32. The van der Waals surface area contributed by atoms with E-state index in [1.807, 2.05) is 18.2 Å². The number of benzene rings is 2. The number of unbranched alkanes of at least 4 members (excludes halogenated alkanes) is 11. The van der Waals surface area contributed by atoms with Gasteiger partial charge in [0.1, 0.15) is 5.75 Å². The summed E-state index contributed by atoms with van der Waals surface area (Å²) in [7, 11) is 0. The van der Waals surface area contributed by atoms with Crippen LogP contribution >= 0.6 is 11.3 Å². The Hall–Kier alpha value is -2.66. The van der Waals surface area contributed by atoms with Crippen molar-refractivity contribution in [2.24, 2.45) is 0 Å². The fraction of sp³-hybridized carbons (Fsp3) is 0.568. The van der Waals surface area contributed by atoms with E-state index in [1.54, 1.807) is 11.3 Å². The van der Waals surface area contributed by atoms with E-state index < -0.39 is 0 Å². The molecular weight excluding hydrogens is 536 g/mol. The first kappa shape index (κ1) is 33.8. The third kappa shape index (κ3) is 12.3. The van der Waals surface area contributed by atoms with Gasteiger partial charge in [-0.3, -0.25) is 4.79 Å². The van der Waals surface area contributed by atoms with E-state index in [-0.39, 0.29) is 11.3 Å². The minimum Gasteiger partial charge on any atom is -0.493 e. The molecular formula is C37H55N2O2S+. The number of thiazole rings is 1. The van der Waals surface area contributed by atoms with Crippen LogP contribution in [0.25, 0.3) is 0 Å². The Labute approximate surface area is 259 Å². The summed E-state index contributed by atoms with van der Waals surface area (Å²) in [5.41, 5.74) is 7.54. The molecule has 230 valence electrons. The second-order valence-electron chi connectivity index (χ2n) is 12.9. The number of aryl methyl sites for hydroxylation is 1. The number of aromatic nitrogens is 1. The van der Waals surface area contributed by atoms with Gasteiger partial charge >= 0.3 is 0 Å². The molecule has 3 aromatic rings. The topological polar surface area (TPSA) is 42.2 Å². The lowest BCUT2D eigenvalue weighted by atomic mass is 9.85. The van der Waals surface area contributed by atoms with E-state index in [0.29, 0.717) is 6.42 Å². The molecule has 42 heavy (non-hydrogen) atoms. The van der Waals surface area contributed by atoms with Crippen LogP contribution in [-0.2, 0) is 23.2 Å². The normalized spacial score (nSPS) is 11.5. The third-order valence-electron chi connectivity index (χ3n) is 7.94. The molecule has 1 heterocycles. The molecule has 0 bridgehead atoms. The molecule has 1 amide bonds. The van der Waals surface area contributed by atoms with Gasteiger partial charge in [0.25, 0.3) is 0 Å². The number of rotatable bonds is 19. The number of ether oxygens (including phenoxy) is 1. The van der Waals surface area contributed by atoms with Gasteiger partial charge in [-0.2, -0.15) is 4.57 Å². The number of hydrogen-bond acceptors (Lipinski definition) is 3. The molecule has 0 fully saturated rings. The first-order valence-electron chi connectivity index (χ1n) is 16.3. The van der Waals surface area contributed by atoms with Gasteiger partial charge < -0.3 is 10.1 Å². The predicted octanol–water partition coefficient (Wildman–Crippen LogP) is 9.95. The van der Waals surface area contributed by atoms with Gasteiger partial charge in [-0.1, -0.05) is 134 Å². The smallest absolute Gasteiger partial charge is 0.228 e. The minimum absolute atomic E-state index is 0.00387. The maximum absolute atomic E-state index is 12.9. The Morgan fingerprint density at radius 3 is 2.00 bits per heavy atom. The van der Waals surface area contributed by atoms with Crippen molar-refractivity contribution in [3.05, 3.63) is 75.7 Å². The first-order valence-corrected chi connectivity index (χ1v) is 17.3. The van der Waals surface area contributed by atoms with Gasteiger partial charge in [0, 0.05) is 18.2 Å². The Balaban J connectivity index is 1.39. The summed E-state index contributed by atoms with van der Waals surface area (Å²) in [6, 6.07) is 14.4. The Morgan fingerprint density at radius 1 is 0.833 bits per heavy atom. The van der Waals surface area contributed by atoms with Gasteiger partial charge in [-0.05, 0) is 41.2 Å². The number of carbonyl (C=O) groups excluding carboxylic acids is 1. The number of nitrogens with zero attached hydrogens (tertiary/aromatic N) is 1. The van der Waals surface area contributed by atoms with Crippen LogP contribution in [-0.4, -0.2) is 12.5 Å². The molecule has 5 heteroatoms. The van der Waals surface area contributed by atoms with Crippen LogP contribution in [0.4, 0.5) is 5.69 Å². The van der Waals surface area contributed by atoms with E-state index in [2.05, 4.69) is 79.7 Å². The lowest BCUT2D eigenvalue weighted by Gasteiger charge is -2.24. The van der Waals surface area contributed by atoms with Gasteiger partial charge in [-0.25, -0.2) is 0 Å². The maximum Gasteiger partial charge on any atom is 0.228 e. The zero-order valence-electron chi connectivity index (χ0n) is 27.0. The van der Waals surface area contributed by atoms with E-state index in [1.165, 1.54) is 81.9 Å². The third-order valence-corrected chi connectivity index (χ3v) is 8.80. The summed E-state index contributed by atoms with van der Waals surface area (Å²) in [4.78, 5) is 12.9. The van der Waals surface area contributed by atoms with Crippen molar-refractivity contribution in [2.75, 3.05) is 11.9 Å². The Bertz CT molecular complexity index is 1190. The second kappa shape index (κ2) is 18.1. The van der Waals surface area contributed by atoms with Crippen LogP contribution in [0.3, 0.4) is 0 Å². The number of hydrogen-bond donors (Lipinski definition) is 1. The van der Waals surface area contributed by atoms with Crippen LogP contribution in [0.2, 0.25) is 0 Å². The van der Waals surface area contributed by atoms with Crippen molar-refractivity contribution >= 4 is 22.9 Å². The molecule has 1 aromatic heterocycles. The van der Waals surface area contributed by atoms with E-state index in [0.717, 1.165) is 42.1 Å². The molecule has 0 unspecified atom stereocenters. The summed E-state index contributed by atoms with van der Waals surface area (Å²) in [5, 5.41) is 5.22. The molecule has 0 saturated carbocycles. The average Bonchev–Trinajstić information content (AvgIpc) is 3.36. The van der Waals surface area contributed by atoms with Gasteiger partial charge in [0.2, 0.25) is 11.4 Å². The molecule has 1 N–H and O–H groups in total. The standard InChI is InChI=1S/C37H54N2O2S/c1-6-7-8-9-10-11-12-13-14-15-16-17-24-41-35-23-20-32(25-34(35)37(3,4)5)26-36(40)38-33-21-18-31(19-22-33)27-39-29-42-28-30(39)2/h18-23,25,28-29H,6-17,24,26-27H2,1-5H3/p+1. The van der Waals surface area contributed by atoms with Gasteiger partial charge in [-0.15, -0.1) is 0 Å². The lowest BCUT2D eigenvalue weighted by Crippen LogP contribution is -2.34. The summed E-state index contributed by atoms with van der Waals surface area (Å²) in [6.45, 7) is 12.6. The molecule has 3 rings (SSSR count). The van der Waals surface area contributed by atoms with Crippen LogP contribution in [0.1, 0.15) is 127 Å². The molecule has 0 saturated heterocycles. The maximum atomic E-state index is 12.9. The number of carbonyl (C=O) groups is 1. The largest absolute Gasteiger partial charge is 0.493 e. The molecule has 0 aliphatic rings. The highest BCUT2D eigenvalue weighted by Crippen LogP contribution is 2.32. The quantitative estimate of drug-likeness (QED) is 0.111. The molecule has 0 atom stereocenters. The predicted molar refractivity (Wildman–Crippen MR) is 179 cm³/mol. The molecule has 0 aliphatic carbocycles. The van der Waals surface area contributed by atoms with Crippen molar-refractivity contribution in [1.29, 1.82) is 0 Å². The van der Waals surface area contributed by atoms with Crippen molar-refractivity contribution < 1.29 is 14.1 Å². The number of anilines is 1. The van der Waals surface area contributed by atoms with E-state index >= 15 is 0 Å². The SMILES string of the molecule is CCCCCCCCCCCCCCOc1ccc(CC(=O)Nc2ccc(C[n+]3cscc3C)cc2)cc1C(C)(C)C. The van der Waals surface area contributed by atoms with Crippen LogP contribution in [0.15, 0.2) is 53.4 Å². The number of nitrogens with one attached hydrogen (secondary N) is 1. The van der Waals surface area contributed by atoms with Crippen LogP contribution in [0, 0.1) is 6.92 Å². The Morgan fingerprint density at radius 2 is 1.43 bits per heavy atom. The van der Waals surface area contributed by atoms with E-state index in [9.17, 15) is 4.79 Å². The molecule has 0 aliphatic heterocycles. The Kier molecular flexibility index (Phi) is 14.6. The number of amides is 1. The van der Waals surface area contributed by atoms with Gasteiger partial charge in [0.15, 0.2) is 12.2 Å². The molecule has 0 spiro atoms. The lowest BCUT2D eigenvalue weighted by molar-refractivity contribution is -0.689. The summed E-state index contributed by atoms with van der Waals surface area (Å²) < 4.78 is 8.50. The molecule has 4 nitrogen and oxygen atoms in total. The van der Waals surface area contributed by atoms with E-state index in [4.69, 9.17) is 4.74 Å². The monoisotopic (exact) mass is 591 g/mol. The first-order chi connectivity index (χ1) is 20.3. The van der Waals surface area contributed by atoms with Crippen LogP contribution in [0.5, 0.6) is 5.75 Å². The van der Waals surface area contributed by atoms with Crippen molar-refractivity contribution in [1.82, 2.24) is 0 Å². The summed E-state index contributed by atoms with van der Waals surface area (Å²) in [6.07, 6.45) is 16.4. The zero-order valence-corrected chi connectivity index (χ0v) is 27.8. The van der Waals surface area contributed by atoms with Crippen molar-refractivity contribution in [3.63, 3.8) is 0 Å².